The fourth-order valence-corrected chi connectivity index (χ4v) is 2.84. The molecule has 3 N–H and O–H groups in total. The smallest absolute Gasteiger partial charge is 0.188 e. The maximum absolute atomic E-state index is 13.1. The Morgan fingerprint density at radius 1 is 1.55 bits per heavy atom. The van der Waals surface area contributed by atoms with Gasteiger partial charge in [0.25, 0.3) is 0 Å². The number of hydrogen-bond donors (Lipinski definition) is 2. The summed E-state index contributed by atoms with van der Waals surface area (Å²) in [5, 5.41) is 3.27. The van der Waals surface area contributed by atoms with Gasteiger partial charge in [-0.1, -0.05) is 24.6 Å². The van der Waals surface area contributed by atoms with Crippen LogP contribution in [0, 0.1) is 5.82 Å². The second-order valence-corrected chi connectivity index (χ2v) is 5.66. The van der Waals surface area contributed by atoms with E-state index in [9.17, 15) is 4.39 Å². The number of hydrogen-bond acceptors (Lipinski definition) is 2. The minimum atomic E-state index is -0.420. The Hall–Kier alpha value is -0.600. The van der Waals surface area contributed by atoms with Gasteiger partial charge in [0.15, 0.2) is 5.96 Å². The van der Waals surface area contributed by atoms with Crippen molar-refractivity contribution in [1.29, 1.82) is 0 Å². The van der Waals surface area contributed by atoms with E-state index in [1.165, 1.54) is 18.9 Å². The van der Waals surface area contributed by atoms with Gasteiger partial charge in [-0.3, -0.25) is 4.90 Å². The van der Waals surface area contributed by atoms with E-state index >= 15 is 0 Å². The van der Waals surface area contributed by atoms with E-state index in [0.29, 0.717) is 18.5 Å². The molecule has 1 aliphatic heterocycles. The van der Waals surface area contributed by atoms with Crippen LogP contribution in [0.1, 0.15) is 25.3 Å². The lowest BCUT2D eigenvalue weighted by atomic mass is 10.2. The number of nitrogens with one attached hydrogen (secondary N) is 1. The van der Waals surface area contributed by atoms with Crippen LogP contribution in [0.2, 0.25) is 5.02 Å². The van der Waals surface area contributed by atoms with Gasteiger partial charge in [0.05, 0.1) is 11.6 Å². The summed E-state index contributed by atoms with van der Waals surface area (Å²) >= 11 is 5.73. The molecular weight excluding hydrogens is 418 g/mol. The Bertz CT molecular complexity index is 512. The van der Waals surface area contributed by atoms with E-state index in [0.717, 1.165) is 25.2 Å². The lowest BCUT2D eigenvalue weighted by molar-refractivity contribution is 0.267. The summed E-state index contributed by atoms with van der Waals surface area (Å²) in [5.74, 6) is -0.00483. The highest BCUT2D eigenvalue weighted by atomic mass is 127. The van der Waals surface area contributed by atoms with Crippen LogP contribution >= 0.6 is 35.6 Å². The van der Waals surface area contributed by atoms with E-state index < -0.39 is 5.82 Å². The number of likely N-dealkylation sites (N-methyl/N-ethyl adjacent to an activating group) is 1. The zero-order chi connectivity index (χ0) is 15.2. The lowest BCUT2D eigenvalue weighted by Crippen LogP contribution is -2.42. The Morgan fingerprint density at radius 3 is 3.00 bits per heavy atom. The molecule has 0 saturated carbocycles. The first-order chi connectivity index (χ1) is 10.1. The summed E-state index contributed by atoms with van der Waals surface area (Å²) in [6.45, 7) is 5.60. The first kappa shape index (κ1) is 19.4. The largest absolute Gasteiger partial charge is 0.370 e. The van der Waals surface area contributed by atoms with Crippen molar-refractivity contribution >= 4 is 41.5 Å². The van der Waals surface area contributed by atoms with Gasteiger partial charge in [0.1, 0.15) is 5.82 Å². The summed E-state index contributed by atoms with van der Waals surface area (Å²) in [6, 6.07) is 5.11. The third-order valence-corrected chi connectivity index (χ3v) is 4.13. The van der Waals surface area contributed by atoms with E-state index in [2.05, 4.69) is 22.1 Å². The minimum Gasteiger partial charge on any atom is -0.370 e. The molecule has 0 spiro atoms. The zero-order valence-electron chi connectivity index (χ0n) is 12.7. The first-order valence-corrected chi connectivity index (χ1v) is 7.69. The fraction of sp³-hybridized carbons (Fsp3) is 0.533. The first-order valence-electron chi connectivity index (χ1n) is 7.32. The van der Waals surface area contributed by atoms with Crippen LogP contribution < -0.4 is 11.1 Å². The highest BCUT2D eigenvalue weighted by Gasteiger charge is 2.22. The monoisotopic (exact) mass is 440 g/mol. The van der Waals surface area contributed by atoms with Crippen LogP contribution in [0.15, 0.2) is 23.2 Å². The number of nitrogens with zero attached hydrogens (tertiary/aromatic N) is 2. The van der Waals surface area contributed by atoms with Crippen molar-refractivity contribution in [3.8, 4) is 0 Å². The van der Waals surface area contributed by atoms with Crippen molar-refractivity contribution in [3.05, 3.63) is 34.6 Å². The summed E-state index contributed by atoms with van der Waals surface area (Å²) in [5.41, 5.74) is 6.70. The topological polar surface area (TPSA) is 53.6 Å². The van der Waals surface area contributed by atoms with Crippen molar-refractivity contribution in [2.75, 3.05) is 19.6 Å². The van der Waals surface area contributed by atoms with E-state index in [-0.39, 0.29) is 29.0 Å². The van der Waals surface area contributed by atoms with Gasteiger partial charge in [0, 0.05) is 12.6 Å². The molecule has 1 saturated heterocycles. The van der Waals surface area contributed by atoms with Gasteiger partial charge in [-0.05, 0) is 43.6 Å². The average molecular weight is 441 g/mol. The van der Waals surface area contributed by atoms with Crippen LogP contribution in [-0.4, -0.2) is 36.5 Å². The average Bonchev–Trinajstić information content (AvgIpc) is 2.94. The molecular formula is C15H23ClFIN4. The van der Waals surface area contributed by atoms with Gasteiger partial charge < -0.3 is 11.1 Å². The Labute approximate surface area is 153 Å². The lowest BCUT2D eigenvalue weighted by Gasteiger charge is -2.23. The van der Waals surface area contributed by atoms with Crippen molar-refractivity contribution in [2.45, 2.75) is 32.4 Å². The van der Waals surface area contributed by atoms with Crippen LogP contribution in [0.25, 0.3) is 0 Å². The SMILES string of the molecule is CCN1CCCC1CNC(N)=NCc1ccc(F)c(Cl)c1.I. The third kappa shape index (κ3) is 5.55. The second kappa shape index (κ2) is 9.52. The molecule has 0 bridgehead atoms. The number of aliphatic imine (C=N–C) groups is 1. The molecule has 1 aromatic carbocycles. The van der Waals surface area contributed by atoms with Crippen LogP contribution in [0.4, 0.5) is 4.39 Å². The van der Waals surface area contributed by atoms with Gasteiger partial charge in [-0.2, -0.15) is 0 Å². The van der Waals surface area contributed by atoms with Crippen molar-refractivity contribution in [1.82, 2.24) is 10.2 Å². The number of halogens is 3. The molecule has 124 valence electrons. The van der Waals surface area contributed by atoms with Crippen molar-refractivity contribution < 1.29 is 4.39 Å². The maximum Gasteiger partial charge on any atom is 0.188 e. The molecule has 1 atom stereocenters. The van der Waals surface area contributed by atoms with Gasteiger partial charge >= 0.3 is 0 Å². The molecule has 1 aliphatic rings. The Kier molecular flexibility index (Phi) is 8.41. The van der Waals surface area contributed by atoms with Gasteiger partial charge in [0.2, 0.25) is 0 Å². The number of rotatable bonds is 5. The summed E-state index contributed by atoms with van der Waals surface area (Å²) in [4.78, 5) is 6.71. The summed E-state index contributed by atoms with van der Waals surface area (Å²) in [6.07, 6.45) is 2.44. The quantitative estimate of drug-likeness (QED) is 0.420. The van der Waals surface area contributed by atoms with E-state index in [1.807, 2.05) is 0 Å². The standard InChI is InChI=1S/C15H22ClFN4.HI/c1-2-21-7-3-4-12(21)10-20-15(18)19-9-11-5-6-14(17)13(16)8-11;/h5-6,8,12H,2-4,7,9-10H2,1H3,(H3,18,19,20);1H. The predicted molar refractivity (Wildman–Crippen MR) is 100 cm³/mol. The van der Waals surface area contributed by atoms with Crippen LogP contribution in [0.5, 0.6) is 0 Å². The van der Waals surface area contributed by atoms with E-state index in [1.54, 1.807) is 12.1 Å². The number of likely N-dealkylation sites (tertiary alicyclic amines) is 1. The second-order valence-electron chi connectivity index (χ2n) is 5.26. The predicted octanol–water partition coefficient (Wildman–Crippen LogP) is 2.99. The fourth-order valence-electron chi connectivity index (χ4n) is 2.64. The van der Waals surface area contributed by atoms with Gasteiger partial charge in [-0.25, -0.2) is 9.38 Å². The maximum atomic E-state index is 13.1. The van der Waals surface area contributed by atoms with E-state index in [4.69, 9.17) is 17.3 Å². The molecule has 1 fully saturated rings. The number of guanidine groups is 1. The molecule has 4 nitrogen and oxygen atoms in total. The number of benzene rings is 1. The Morgan fingerprint density at radius 2 is 2.32 bits per heavy atom. The Balaban J connectivity index is 0.00000242. The number of nitrogens with two attached hydrogens (primary N) is 1. The van der Waals surface area contributed by atoms with Crippen molar-refractivity contribution in [3.63, 3.8) is 0 Å². The normalized spacial score (nSPS) is 19.0. The highest BCUT2D eigenvalue weighted by molar-refractivity contribution is 14.0. The molecule has 0 radical (unpaired) electrons. The van der Waals surface area contributed by atoms with Crippen LogP contribution in [-0.2, 0) is 6.54 Å². The molecule has 22 heavy (non-hydrogen) atoms. The van der Waals surface area contributed by atoms with Gasteiger partial charge in [-0.15, -0.1) is 24.0 Å². The summed E-state index contributed by atoms with van der Waals surface area (Å²) in [7, 11) is 0. The molecule has 7 heteroatoms. The van der Waals surface area contributed by atoms with Crippen molar-refractivity contribution in [2.24, 2.45) is 10.7 Å². The molecule has 0 aliphatic carbocycles. The molecule has 0 aromatic heterocycles. The minimum absolute atomic E-state index is 0. The molecule has 1 unspecified atom stereocenters. The molecule has 0 amide bonds. The third-order valence-electron chi connectivity index (χ3n) is 3.84. The van der Waals surface area contributed by atoms with Crippen LogP contribution in [0.3, 0.4) is 0 Å². The zero-order valence-corrected chi connectivity index (χ0v) is 15.8. The molecule has 2 rings (SSSR count). The highest BCUT2D eigenvalue weighted by Crippen LogP contribution is 2.17. The summed E-state index contributed by atoms with van der Waals surface area (Å²) < 4.78 is 13.1. The molecule has 1 heterocycles. The molecule has 1 aromatic rings.